The largest absolute Gasteiger partial charge is 0.329 e. The Morgan fingerprint density at radius 1 is 1.26 bits per heavy atom. The monoisotopic (exact) mass is 260 g/mol. The third-order valence-electron chi connectivity index (χ3n) is 4.19. The van der Waals surface area contributed by atoms with Gasteiger partial charge in [0, 0.05) is 12.2 Å². The van der Waals surface area contributed by atoms with E-state index in [0.29, 0.717) is 6.54 Å². The molecule has 104 valence electrons. The Bertz CT molecular complexity index is 447. The highest BCUT2D eigenvalue weighted by Gasteiger charge is 2.42. The van der Waals surface area contributed by atoms with Gasteiger partial charge in [-0.25, -0.2) is 0 Å². The number of nitrogens with one attached hydrogen (secondary N) is 1. The van der Waals surface area contributed by atoms with Gasteiger partial charge in [0.05, 0.1) is 5.41 Å². The number of carbonyl (C=O) groups excluding carboxylic acids is 1. The van der Waals surface area contributed by atoms with Gasteiger partial charge in [-0.15, -0.1) is 0 Å². The minimum absolute atomic E-state index is 0.0739. The molecule has 0 bridgehead atoms. The number of benzene rings is 1. The van der Waals surface area contributed by atoms with Gasteiger partial charge in [-0.3, -0.25) is 4.79 Å². The summed E-state index contributed by atoms with van der Waals surface area (Å²) in [5.41, 5.74) is 7.69. The van der Waals surface area contributed by atoms with Crippen LogP contribution in [-0.4, -0.2) is 12.5 Å². The molecular formula is C16H24N2O. The van der Waals surface area contributed by atoms with Crippen molar-refractivity contribution in [3.63, 3.8) is 0 Å². The van der Waals surface area contributed by atoms with Crippen LogP contribution in [-0.2, 0) is 10.2 Å². The lowest BCUT2D eigenvalue weighted by Crippen LogP contribution is -2.47. The molecule has 1 amide bonds. The highest BCUT2D eigenvalue weighted by atomic mass is 16.2. The highest BCUT2D eigenvalue weighted by molar-refractivity contribution is 5.96. The Balaban J connectivity index is 2.06. The highest BCUT2D eigenvalue weighted by Crippen LogP contribution is 2.40. The Kier molecular flexibility index (Phi) is 3.68. The van der Waals surface area contributed by atoms with E-state index < -0.39 is 0 Å². The predicted octanol–water partition coefficient (Wildman–Crippen LogP) is 3.05. The molecule has 1 fully saturated rings. The quantitative estimate of drug-likeness (QED) is 0.877. The molecule has 3 heteroatoms. The summed E-state index contributed by atoms with van der Waals surface area (Å²) in [5, 5.41) is 3.00. The molecule has 2 rings (SSSR count). The molecule has 1 aliphatic rings. The van der Waals surface area contributed by atoms with E-state index >= 15 is 0 Å². The van der Waals surface area contributed by atoms with E-state index in [1.54, 1.807) is 0 Å². The van der Waals surface area contributed by atoms with Gasteiger partial charge >= 0.3 is 0 Å². The molecule has 0 atom stereocenters. The van der Waals surface area contributed by atoms with Crippen LogP contribution in [0.1, 0.15) is 45.6 Å². The molecule has 19 heavy (non-hydrogen) atoms. The first-order valence-electron chi connectivity index (χ1n) is 6.99. The molecule has 0 unspecified atom stereocenters. The molecule has 1 aromatic rings. The van der Waals surface area contributed by atoms with Crippen LogP contribution in [0.25, 0.3) is 0 Å². The Labute approximate surface area is 115 Å². The number of hydrogen-bond donors (Lipinski definition) is 2. The second kappa shape index (κ2) is 4.97. The van der Waals surface area contributed by atoms with Crippen molar-refractivity contribution in [2.45, 2.75) is 45.4 Å². The van der Waals surface area contributed by atoms with Gasteiger partial charge in [0.2, 0.25) is 5.91 Å². The molecule has 0 heterocycles. The second-order valence-corrected chi connectivity index (χ2v) is 6.62. The van der Waals surface area contributed by atoms with Crippen molar-refractivity contribution in [2.24, 2.45) is 11.1 Å². The van der Waals surface area contributed by atoms with Crippen molar-refractivity contribution >= 4 is 11.6 Å². The van der Waals surface area contributed by atoms with Crippen LogP contribution in [0.4, 0.5) is 5.69 Å². The average Bonchev–Trinajstić information content (AvgIpc) is 2.27. The number of carbonyl (C=O) groups is 1. The van der Waals surface area contributed by atoms with Crippen LogP contribution in [0.5, 0.6) is 0 Å². The van der Waals surface area contributed by atoms with Gasteiger partial charge in [0.25, 0.3) is 0 Å². The number of amides is 1. The third kappa shape index (κ3) is 2.81. The third-order valence-corrected chi connectivity index (χ3v) is 4.19. The minimum atomic E-state index is -0.317. The van der Waals surface area contributed by atoms with E-state index in [1.807, 2.05) is 12.1 Å². The normalized spacial score (nSPS) is 17.7. The maximum Gasteiger partial charge on any atom is 0.231 e. The van der Waals surface area contributed by atoms with Crippen LogP contribution in [0, 0.1) is 5.41 Å². The number of rotatable bonds is 3. The summed E-state index contributed by atoms with van der Waals surface area (Å²) >= 11 is 0. The van der Waals surface area contributed by atoms with E-state index in [9.17, 15) is 4.79 Å². The van der Waals surface area contributed by atoms with E-state index in [2.05, 4.69) is 38.2 Å². The number of hydrogen-bond acceptors (Lipinski definition) is 2. The predicted molar refractivity (Wildman–Crippen MR) is 79.1 cm³/mol. The smallest absolute Gasteiger partial charge is 0.231 e. The van der Waals surface area contributed by atoms with Crippen molar-refractivity contribution in [1.82, 2.24) is 0 Å². The fourth-order valence-electron chi connectivity index (χ4n) is 2.44. The molecule has 1 saturated carbocycles. The topological polar surface area (TPSA) is 55.1 Å². The van der Waals surface area contributed by atoms with Crippen molar-refractivity contribution in [1.29, 1.82) is 0 Å². The van der Waals surface area contributed by atoms with E-state index in [-0.39, 0.29) is 16.7 Å². The first kappa shape index (κ1) is 14.1. The van der Waals surface area contributed by atoms with Gasteiger partial charge in [-0.05, 0) is 36.0 Å². The van der Waals surface area contributed by atoms with Gasteiger partial charge in [0.1, 0.15) is 0 Å². The van der Waals surface area contributed by atoms with E-state index in [4.69, 9.17) is 5.73 Å². The fraction of sp³-hybridized carbons (Fsp3) is 0.562. The van der Waals surface area contributed by atoms with Crippen molar-refractivity contribution in [3.8, 4) is 0 Å². The SMILES string of the molecule is CC(C)(C)c1ccc(NC(=O)C2(CN)CCC2)cc1. The fourth-order valence-corrected chi connectivity index (χ4v) is 2.44. The maximum atomic E-state index is 12.2. The molecule has 1 aliphatic carbocycles. The molecular weight excluding hydrogens is 236 g/mol. The van der Waals surface area contributed by atoms with E-state index in [0.717, 1.165) is 24.9 Å². The summed E-state index contributed by atoms with van der Waals surface area (Å²) in [4.78, 5) is 12.2. The van der Waals surface area contributed by atoms with E-state index in [1.165, 1.54) is 5.56 Å². The molecule has 0 saturated heterocycles. The zero-order valence-electron chi connectivity index (χ0n) is 12.1. The standard InChI is InChI=1S/C16H24N2O/c1-15(2,3)12-5-7-13(8-6-12)18-14(19)16(11-17)9-4-10-16/h5-8H,4,9-11,17H2,1-3H3,(H,18,19). The zero-order valence-corrected chi connectivity index (χ0v) is 12.1. The summed E-state index contributed by atoms with van der Waals surface area (Å²) in [7, 11) is 0. The summed E-state index contributed by atoms with van der Waals surface area (Å²) < 4.78 is 0. The second-order valence-electron chi connectivity index (χ2n) is 6.62. The zero-order chi connectivity index (χ0) is 14.1. The lowest BCUT2D eigenvalue weighted by Gasteiger charge is -2.39. The van der Waals surface area contributed by atoms with Crippen LogP contribution in [0.3, 0.4) is 0 Å². The molecule has 3 N–H and O–H groups in total. The first-order valence-corrected chi connectivity index (χ1v) is 6.99. The summed E-state index contributed by atoms with van der Waals surface area (Å²) in [6, 6.07) is 8.10. The minimum Gasteiger partial charge on any atom is -0.329 e. The lowest BCUT2D eigenvalue weighted by molar-refractivity contribution is -0.129. The van der Waals surface area contributed by atoms with Crippen LogP contribution >= 0.6 is 0 Å². The van der Waals surface area contributed by atoms with Crippen LogP contribution in [0.2, 0.25) is 0 Å². The molecule has 0 aliphatic heterocycles. The van der Waals surface area contributed by atoms with Gasteiger partial charge in [0.15, 0.2) is 0 Å². The molecule has 0 spiro atoms. The van der Waals surface area contributed by atoms with Gasteiger partial charge in [-0.2, -0.15) is 0 Å². The van der Waals surface area contributed by atoms with Crippen LogP contribution < -0.4 is 11.1 Å². The average molecular weight is 260 g/mol. The lowest BCUT2D eigenvalue weighted by atomic mass is 9.68. The molecule has 0 aromatic heterocycles. The summed E-state index contributed by atoms with van der Waals surface area (Å²) in [6.07, 6.45) is 2.93. The molecule has 1 aromatic carbocycles. The maximum absolute atomic E-state index is 12.2. The summed E-state index contributed by atoms with van der Waals surface area (Å²) in [5.74, 6) is 0.0739. The summed E-state index contributed by atoms with van der Waals surface area (Å²) in [6.45, 7) is 6.98. The van der Waals surface area contributed by atoms with Crippen LogP contribution in [0.15, 0.2) is 24.3 Å². The van der Waals surface area contributed by atoms with Crippen molar-refractivity contribution in [3.05, 3.63) is 29.8 Å². The van der Waals surface area contributed by atoms with Crippen molar-refractivity contribution < 1.29 is 4.79 Å². The Hall–Kier alpha value is -1.35. The first-order chi connectivity index (χ1) is 8.87. The number of anilines is 1. The molecule has 0 radical (unpaired) electrons. The van der Waals surface area contributed by atoms with Gasteiger partial charge < -0.3 is 11.1 Å². The van der Waals surface area contributed by atoms with Crippen molar-refractivity contribution in [2.75, 3.05) is 11.9 Å². The Morgan fingerprint density at radius 3 is 2.21 bits per heavy atom. The number of nitrogens with two attached hydrogens (primary N) is 1. The Morgan fingerprint density at radius 2 is 1.84 bits per heavy atom. The molecule has 3 nitrogen and oxygen atoms in total. The van der Waals surface area contributed by atoms with Gasteiger partial charge in [-0.1, -0.05) is 39.3 Å².